The van der Waals surface area contributed by atoms with Crippen molar-refractivity contribution in [1.29, 1.82) is 0 Å². The number of rotatable bonds is 3. The molecule has 2 aliphatic heterocycles. The maximum atomic E-state index is 13.0. The molecular formula is C19H25N5O3. The third kappa shape index (κ3) is 2.93. The zero-order valence-electron chi connectivity index (χ0n) is 15.5. The Bertz CT molecular complexity index is 952. The molecule has 1 atom stereocenters. The van der Waals surface area contributed by atoms with Crippen LogP contribution in [0.5, 0.6) is 0 Å². The molecule has 2 aromatic rings. The number of anilines is 1. The summed E-state index contributed by atoms with van der Waals surface area (Å²) in [5, 5.41) is 2.35. The summed E-state index contributed by atoms with van der Waals surface area (Å²) < 4.78 is 3.15. The molecule has 1 aromatic carbocycles. The summed E-state index contributed by atoms with van der Waals surface area (Å²) in [7, 11) is 1.74. The van der Waals surface area contributed by atoms with Gasteiger partial charge in [0.25, 0.3) is 0 Å². The minimum Gasteiger partial charge on any atom is -0.370 e. The fourth-order valence-electron chi connectivity index (χ4n) is 4.31. The number of imidazole rings is 1. The summed E-state index contributed by atoms with van der Waals surface area (Å²) in [6.45, 7) is 2.51. The quantitative estimate of drug-likeness (QED) is 0.765. The summed E-state index contributed by atoms with van der Waals surface area (Å²) in [5.74, 6) is -0.139. The van der Waals surface area contributed by atoms with E-state index in [9.17, 15) is 14.4 Å². The Labute approximate surface area is 156 Å². The van der Waals surface area contributed by atoms with Crippen molar-refractivity contribution in [1.82, 2.24) is 14.5 Å². The van der Waals surface area contributed by atoms with Crippen molar-refractivity contribution in [2.45, 2.75) is 31.7 Å². The Balaban J connectivity index is 1.78. The van der Waals surface area contributed by atoms with Crippen molar-refractivity contribution >= 4 is 28.5 Å². The van der Waals surface area contributed by atoms with E-state index in [4.69, 9.17) is 5.73 Å². The second-order valence-corrected chi connectivity index (χ2v) is 7.49. The van der Waals surface area contributed by atoms with Crippen LogP contribution in [0.4, 0.5) is 5.69 Å². The van der Waals surface area contributed by atoms with Crippen LogP contribution in [0.1, 0.15) is 31.7 Å². The monoisotopic (exact) mass is 371 g/mol. The number of nitrogens with one attached hydrogen (secondary N) is 1. The number of nitrogens with two attached hydrogens (primary N) is 1. The van der Waals surface area contributed by atoms with Crippen LogP contribution in [0.15, 0.2) is 23.0 Å². The minimum absolute atomic E-state index is 0.233. The molecule has 0 saturated carbocycles. The molecule has 0 spiro atoms. The predicted molar refractivity (Wildman–Crippen MR) is 103 cm³/mol. The highest BCUT2D eigenvalue weighted by molar-refractivity contribution is 6.00. The van der Waals surface area contributed by atoms with Gasteiger partial charge in [0.1, 0.15) is 6.04 Å². The molecule has 1 aromatic heterocycles. The van der Waals surface area contributed by atoms with E-state index >= 15 is 0 Å². The number of fused-ring (bicyclic) bond motifs is 1. The first-order valence-corrected chi connectivity index (χ1v) is 9.50. The van der Waals surface area contributed by atoms with E-state index in [2.05, 4.69) is 10.2 Å². The molecule has 8 heteroatoms. The molecule has 3 heterocycles. The van der Waals surface area contributed by atoms with Crippen LogP contribution in [0.3, 0.4) is 0 Å². The normalized spacial score (nSPS) is 21.7. The number of hydrogen-bond donors (Lipinski definition) is 2. The van der Waals surface area contributed by atoms with Crippen LogP contribution in [0.25, 0.3) is 11.0 Å². The van der Waals surface area contributed by atoms with Gasteiger partial charge in [-0.25, -0.2) is 4.79 Å². The van der Waals surface area contributed by atoms with Gasteiger partial charge < -0.3 is 10.6 Å². The van der Waals surface area contributed by atoms with E-state index in [0.717, 1.165) is 42.7 Å². The lowest BCUT2D eigenvalue weighted by Crippen LogP contribution is -2.44. The highest BCUT2D eigenvalue weighted by Gasteiger charge is 2.32. The van der Waals surface area contributed by atoms with Gasteiger partial charge in [0, 0.05) is 26.6 Å². The van der Waals surface area contributed by atoms with Gasteiger partial charge in [0.15, 0.2) is 0 Å². The number of para-hydroxylation sites is 1. The third-order valence-electron chi connectivity index (χ3n) is 5.89. The van der Waals surface area contributed by atoms with E-state index in [1.54, 1.807) is 11.6 Å². The first-order chi connectivity index (χ1) is 13.0. The number of carbonyl (C=O) groups excluding carboxylic acids is 2. The summed E-state index contributed by atoms with van der Waals surface area (Å²) in [6, 6.07) is 5.17. The van der Waals surface area contributed by atoms with E-state index in [-0.39, 0.29) is 18.0 Å². The molecule has 0 aliphatic carbocycles. The Kier molecular flexibility index (Phi) is 4.51. The molecule has 3 N–H and O–H groups in total. The van der Waals surface area contributed by atoms with Crippen LogP contribution in [-0.4, -0.2) is 40.6 Å². The Morgan fingerprint density at radius 2 is 1.89 bits per heavy atom. The average molecular weight is 371 g/mol. The summed E-state index contributed by atoms with van der Waals surface area (Å²) in [5.41, 5.74) is 8.14. The van der Waals surface area contributed by atoms with Crippen molar-refractivity contribution in [2.75, 3.05) is 24.5 Å². The number of nitrogens with zero attached hydrogens (tertiary/aromatic N) is 3. The fraction of sp³-hybridized carbons (Fsp3) is 0.526. The number of aromatic nitrogens is 2. The smallest absolute Gasteiger partial charge is 0.329 e. The first-order valence-electron chi connectivity index (χ1n) is 9.50. The molecule has 8 nitrogen and oxygen atoms in total. The number of aryl methyl sites for hydroxylation is 1. The second-order valence-electron chi connectivity index (χ2n) is 7.49. The Morgan fingerprint density at radius 3 is 2.56 bits per heavy atom. The third-order valence-corrected chi connectivity index (χ3v) is 5.89. The number of amides is 2. The standard InChI is InChI=1S/C19H25N5O3/c1-22-17-13(23-9-7-12(11-20)8-10-23)3-2-4-14(17)24(19(22)27)15-5-6-16(25)21-18(15)26/h2-4,12,15H,5-11,20H2,1H3,(H,21,25,26). The van der Waals surface area contributed by atoms with E-state index in [1.807, 2.05) is 18.2 Å². The van der Waals surface area contributed by atoms with Gasteiger partial charge in [0.05, 0.1) is 16.7 Å². The summed E-state index contributed by atoms with van der Waals surface area (Å²) >= 11 is 0. The molecule has 2 aliphatic rings. The topological polar surface area (TPSA) is 102 Å². The highest BCUT2D eigenvalue weighted by atomic mass is 16.2. The van der Waals surface area contributed by atoms with Crippen molar-refractivity contribution < 1.29 is 9.59 Å². The van der Waals surface area contributed by atoms with Crippen LogP contribution < -0.4 is 21.6 Å². The number of carbonyl (C=O) groups is 2. The number of benzene rings is 1. The number of piperidine rings is 2. The molecule has 0 radical (unpaired) electrons. The zero-order valence-corrected chi connectivity index (χ0v) is 15.5. The predicted octanol–water partition coefficient (Wildman–Crippen LogP) is 0.493. The second kappa shape index (κ2) is 6.84. The Hall–Kier alpha value is -2.61. The van der Waals surface area contributed by atoms with Gasteiger partial charge in [-0.3, -0.25) is 24.0 Å². The maximum Gasteiger partial charge on any atom is 0.329 e. The van der Waals surface area contributed by atoms with Crippen LogP contribution in [-0.2, 0) is 16.6 Å². The fourth-order valence-corrected chi connectivity index (χ4v) is 4.31. The van der Waals surface area contributed by atoms with Crippen molar-refractivity contribution in [2.24, 2.45) is 18.7 Å². The van der Waals surface area contributed by atoms with Gasteiger partial charge in [-0.1, -0.05) is 6.07 Å². The lowest BCUT2D eigenvalue weighted by molar-refractivity contribution is -0.135. The van der Waals surface area contributed by atoms with Gasteiger partial charge in [0.2, 0.25) is 11.8 Å². The minimum atomic E-state index is -0.655. The Morgan fingerprint density at radius 1 is 1.15 bits per heavy atom. The molecule has 2 fully saturated rings. The summed E-state index contributed by atoms with van der Waals surface area (Å²) in [4.78, 5) is 39.1. The molecule has 27 heavy (non-hydrogen) atoms. The van der Waals surface area contributed by atoms with Gasteiger partial charge in [-0.05, 0) is 43.9 Å². The van der Waals surface area contributed by atoms with Crippen LogP contribution >= 0.6 is 0 Å². The number of imide groups is 1. The molecule has 0 bridgehead atoms. The SMILES string of the molecule is Cn1c(=O)n(C2CCC(=O)NC2=O)c2cccc(N3CCC(CN)CC3)c21. The largest absolute Gasteiger partial charge is 0.370 e. The maximum absolute atomic E-state index is 13.0. The molecule has 1 unspecified atom stereocenters. The summed E-state index contributed by atoms with van der Waals surface area (Å²) in [6.07, 6.45) is 2.66. The number of hydrogen-bond acceptors (Lipinski definition) is 5. The first kappa shape index (κ1) is 17.8. The molecule has 144 valence electrons. The molecular weight excluding hydrogens is 346 g/mol. The van der Waals surface area contributed by atoms with Gasteiger partial charge in [-0.15, -0.1) is 0 Å². The van der Waals surface area contributed by atoms with Crippen molar-refractivity contribution in [3.8, 4) is 0 Å². The van der Waals surface area contributed by atoms with Crippen molar-refractivity contribution in [3.05, 3.63) is 28.7 Å². The highest BCUT2D eigenvalue weighted by Crippen LogP contribution is 2.31. The average Bonchev–Trinajstić information content (AvgIpc) is 2.93. The molecule has 4 rings (SSSR count). The van der Waals surface area contributed by atoms with Crippen LogP contribution in [0.2, 0.25) is 0 Å². The molecule has 2 amide bonds. The lowest BCUT2D eigenvalue weighted by atomic mass is 9.96. The van der Waals surface area contributed by atoms with E-state index < -0.39 is 11.9 Å². The molecule has 2 saturated heterocycles. The lowest BCUT2D eigenvalue weighted by Gasteiger charge is -2.33. The van der Waals surface area contributed by atoms with Gasteiger partial charge in [-0.2, -0.15) is 0 Å². The van der Waals surface area contributed by atoms with Gasteiger partial charge >= 0.3 is 5.69 Å². The van der Waals surface area contributed by atoms with Crippen LogP contribution in [0, 0.1) is 5.92 Å². The van der Waals surface area contributed by atoms with E-state index in [1.165, 1.54) is 4.57 Å². The van der Waals surface area contributed by atoms with E-state index in [0.29, 0.717) is 18.9 Å². The van der Waals surface area contributed by atoms with Crippen molar-refractivity contribution in [3.63, 3.8) is 0 Å². The zero-order chi connectivity index (χ0) is 19.1.